The van der Waals surface area contributed by atoms with Crippen LogP contribution in [-0.4, -0.2) is 36.6 Å². The first-order chi connectivity index (χ1) is 16.0. The van der Waals surface area contributed by atoms with Gasteiger partial charge in [-0.3, -0.25) is 9.59 Å². The SMILES string of the molecule is O=C1C(c2ccccc2)=c2cc3nc(cc4ccc(cc5[nH]c(c(O)c1n2)C(=O)C=5)[nH]4)C=C3. The van der Waals surface area contributed by atoms with Gasteiger partial charge in [0.05, 0.1) is 22.3 Å². The Hall–Kier alpha value is -4.78. The largest absolute Gasteiger partial charge is 0.504 e. The number of aromatic nitrogens is 4. The van der Waals surface area contributed by atoms with Crippen LogP contribution in [0.4, 0.5) is 0 Å². The smallest absolute Gasteiger partial charge is 0.218 e. The fraction of sp³-hybridized carbons (Fsp3) is 0. The van der Waals surface area contributed by atoms with E-state index in [0.717, 1.165) is 16.7 Å². The number of hydrogen-bond donors (Lipinski definition) is 3. The van der Waals surface area contributed by atoms with Crippen molar-refractivity contribution < 1.29 is 14.7 Å². The highest BCUT2D eigenvalue weighted by Gasteiger charge is 2.28. The van der Waals surface area contributed by atoms with Crippen molar-refractivity contribution in [3.63, 3.8) is 0 Å². The molecule has 5 heterocycles. The van der Waals surface area contributed by atoms with Crippen LogP contribution in [0, 0.1) is 0 Å². The molecule has 0 atom stereocenters. The Labute approximate surface area is 186 Å². The molecule has 1 aromatic carbocycles. The van der Waals surface area contributed by atoms with E-state index in [1.54, 1.807) is 24.3 Å². The molecule has 0 radical (unpaired) electrons. The summed E-state index contributed by atoms with van der Waals surface area (Å²) in [4.78, 5) is 41.2. The maximum absolute atomic E-state index is 13.4. The molecule has 6 rings (SSSR count). The molecular formula is C26H16N4O3. The lowest BCUT2D eigenvalue weighted by molar-refractivity contribution is 0.105. The molecule has 2 aromatic heterocycles. The van der Waals surface area contributed by atoms with Gasteiger partial charge in [0.25, 0.3) is 0 Å². The summed E-state index contributed by atoms with van der Waals surface area (Å²) in [5.74, 6) is -1.37. The maximum atomic E-state index is 13.4. The molecule has 0 saturated heterocycles. The topological polar surface area (TPSA) is 112 Å². The number of ketones is 2. The van der Waals surface area contributed by atoms with Crippen molar-refractivity contribution in [2.24, 2.45) is 0 Å². The van der Waals surface area contributed by atoms with Crippen LogP contribution in [-0.2, 0) is 0 Å². The second-order valence-corrected chi connectivity index (χ2v) is 7.83. The van der Waals surface area contributed by atoms with E-state index in [0.29, 0.717) is 27.5 Å². The number of benzene rings is 1. The number of H-pyrrole nitrogens is 2. The van der Waals surface area contributed by atoms with Gasteiger partial charge in [0.1, 0.15) is 5.69 Å². The summed E-state index contributed by atoms with van der Waals surface area (Å²) in [6.45, 7) is 0. The Morgan fingerprint density at radius 2 is 1.52 bits per heavy atom. The van der Waals surface area contributed by atoms with Crippen molar-refractivity contribution in [1.29, 1.82) is 0 Å². The molecule has 0 unspecified atom stereocenters. The van der Waals surface area contributed by atoms with Gasteiger partial charge in [0, 0.05) is 22.5 Å². The van der Waals surface area contributed by atoms with Crippen LogP contribution in [0.1, 0.15) is 37.9 Å². The zero-order valence-electron chi connectivity index (χ0n) is 17.2. The molecule has 3 N–H and O–H groups in total. The van der Waals surface area contributed by atoms with Gasteiger partial charge in [-0.05, 0) is 48.0 Å². The summed E-state index contributed by atoms with van der Waals surface area (Å²) in [7, 11) is 0. The minimum atomic E-state index is -0.481. The molecule has 8 bridgehead atoms. The monoisotopic (exact) mass is 432 g/mol. The summed E-state index contributed by atoms with van der Waals surface area (Å²) >= 11 is 0. The molecule has 158 valence electrons. The average molecular weight is 432 g/mol. The molecule has 3 aliphatic heterocycles. The molecule has 7 nitrogen and oxygen atoms in total. The van der Waals surface area contributed by atoms with Gasteiger partial charge in [0.15, 0.2) is 11.4 Å². The number of fused-ring (bicyclic) bond motifs is 8. The second-order valence-electron chi connectivity index (χ2n) is 7.83. The molecule has 0 spiro atoms. The van der Waals surface area contributed by atoms with Crippen LogP contribution in [0.3, 0.4) is 0 Å². The molecule has 3 aromatic rings. The number of aromatic hydroxyl groups is 1. The maximum Gasteiger partial charge on any atom is 0.218 e. The zero-order chi connectivity index (χ0) is 22.5. The number of carbonyl (C=O) groups excluding carboxylic acids is 2. The third-order valence-electron chi connectivity index (χ3n) is 5.57. The number of Topliss-reactive ketones (excluding diaryl/α,β-unsaturated/α-hetero) is 2. The molecule has 33 heavy (non-hydrogen) atoms. The van der Waals surface area contributed by atoms with Gasteiger partial charge >= 0.3 is 0 Å². The zero-order valence-corrected chi connectivity index (χ0v) is 17.2. The average Bonchev–Trinajstić information content (AvgIpc) is 3.57. The number of nitrogens with zero attached hydrogens (tertiary/aromatic N) is 2. The summed E-state index contributed by atoms with van der Waals surface area (Å²) in [5.41, 5.74) is 3.73. The fourth-order valence-electron chi connectivity index (χ4n) is 4.06. The summed E-state index contributed by atoms with van der Waals surface area (Å²) < 4.78 is 0. The predicted molar refractivity (Wildman–Crippen MR) is 124 cm³/mol. The van der Waals surface area contributed by atoms with E-state index in [1.807, 2.05) is 48.6 Å². The minimum Gasteiger partial charge on any atom is -0.504 e. The Morgan fingerprint density at radius 3 is 2.30 bits per heavy atom. The molecular weight excluding hydrogens is 416 g/mol. The number of carbonyl (C=O) groups is 2. The van der Waals surface area contributed by atoms with Crippen molar-refractivity contribution in [3.05, 3.63) is 99.7 Å². The quantitative estimate of drug-likeness (QED) is 0.428. The van der Waals surface area contributed by atoms with Gasteiger partial charge in [-0.1, -0.05) is 30.3 Å². The van der Waals surface area contributed by atoms with Gasteiger partial charge in [-0.15, -0.1) is 0 Å². The molecule has 7 heteroatoms. The van der Waals surface area contributed by atoms with E-state index >= 15 is 0 Å². The van der Waals surface area contributed by atoms with E-state index in [2.05, 4.69) is 19.9 Å². The first-order valence-electron chi connectivity index (χ1n) is 10.3. The van der Waals surface area contributed by atoms with E-state index in [4.69, 9.17) is 0 Å². The second kappa shape index (κ2) is 7.13. The van der Waals surface area contributed by atoms with Crippen LogP contribution < -0.4 is 10.7 Å². The van der Waals surface area contributed by atoms with Gasteiger partial charge in [-0.25, -0.2) is 9.97 Å². The minimum absolute atomic E-state index is 0.0822. The van der Waals surface area contributed by atoms with Gasteiger partial charge in [0.2, 0.25) is 11.6 Å². The Bertz CT molecular complexity index is 1710. The van der Waals surface area contributed by atoms with Crippen LogP contribution in [0.25, 0.3) is 34.8 Å². The van der Waals surface area contributed by atoms with E-state index in [1.165, 1.54) is 6.08 Å². The van der Waals surface area contributed by atoms with Crippen molar-refractivity contribution in [2.45, 2.75) is 0 Å². The third kappa shape index (κ3) is 3.23. The lowest BCUT2D eigenvalue weighted by Gasteiger charge is -2.01. The Balaban J connectivity index is 1.76. The Kier molecular flexibility index (Phi) is 4.10. The number of aromatic amines is 2. The van der Waals surface area contributed by atoms with E-state index in [-0.39, 0.29) is 11.4 Å². The Morgan fingerprint density at radius 1 is 0.788 bits per heavy atom. The van der Waals surface area contributed by atoms with Gasteiger partial charge in [-0.2, -0.15) is 0 Å². The number of hydrogen-bond acceptors (Lipinski definition) is 5. The first kappa shape index (κ1) is 18.9. The highest BCUT2D eigenvalue weighted by molar-refractivity contribution is 6.31. The number of nitrogens with one attached hydrogen (secondary N) is 2. The van der Waals surface area contributed by atoms with Crippen molar-refractivity contribution in [3.8, 4) is 5.75 Å². The molecule has 0 aliphatic carbocycles. The van der Waals surface area contributed by atoms with Crippen LogP contribution in [0.2, 0.25) is 0 Å². The summed E-state index contributed by atoms with van der Waals surface area (Å²) in [5, 5.41) is 11.8. The normalized spacial score (nSPS) is 13.8. The lowest BCUT2D eigenvalue weighted by atomic mass is 10.0. The van der Waals surface area contributed by atoms with E-state index < -0.39 is 17.3 Å². The van der Waals surface area contributed by atoms with E-state index in [9.17, 15) is 14.7 Å². The summed E-state index contributed by atoms with van der Waals surface area (Å²) in [6, 6.07) is 18.3. The predicted octanol–water partition coefficient (Wildman–Crippen LogP) is 2.66. The molecule has 3 aliphatic rings. The molecule has 0 fully saturated rings. The molecule has 0 amide bonds. The van der Waals surface area contributed by atoms with Crippen LogP contribution in [0.5, 0.6) is 5.75 Å². The van der Waals surface area contributed by atoms with Crippen LogP contribution >= 0.6 is 0 Å². The lowest BCUT2D eigenvalue weighted by Crippen LogP contribution is -2.08. The first-order valence-corrected chi connectivity index (χ1v) is 10.3. The third-order valence-corrected chi connectivity index (χ3v) is 5.57. The van der Waals surface area contributed by atoms with Crippen molar-refractivity contribution >= 4 is 46.4 Å². The fourth-order valence-corrected chi connectivity index (χ4v) is 4.06. The number of rotatable bonds is 1. The van der Waals surface area contributed by atoms with Gasteiger partial charge < -0.3 is 15.1 Å². The standard InChI is InChI=1S/C26H16N4O3/c31-21-13-19-11-17-7-6-15(27-17)10-16-8-9-18(28-16)12-20-22(14-4-2-1-3-5-14)25(32)24(30-20)26(33)23(21)29-19/h1-13,27,29,33H. The van der Waals surface area contributed by atoms with Crippen molar-refractivity contribution in [1.82, 2.24) is 19.9 Å². The van der Waals surface area contributed by atoms with Crippen molar-refractivity contribution in [2.75, 3.05) is 0 Å². The highest BCUT2D eigenvalue weighted by Crippen LogP contribution is 2.26. The summed E-state index contributed by atoms with van der Waals surface area (Å²) in [6.07, 6.45) is 5.09. The highest BCUT2D eigenvalue weighted by atomic mass is 16.3. The van der Waals surface area contributed by atoms with Crippen LogP contribution in [0.15, 0.2) is 60.7 Å². The molecule has 0 saturated carbocycles.